The molecule has 0 aromatic heterocycles. The molecular weight excluding hydrogens is 524 g/mol. The lowest BCUT2D eigenvalue weighted by Crippen LogP contribution is -2.19. The van der Waals surface area contributed by atoms with Gasteiger partial charge in [0, 0.05) is 12.0 Å². The summed E-state index contributed by atoms with van der Waals surface area (Å²) in [5.74, 6) is -0.585. The van der Waals surface area contributed by atoms with E-state index in [1.54, 1.807) is 12.1 Å². The second kappa shape index (κ2) is 17.9. The van der Waals surface area contributed by atoms with Gasteiger partial charge in [0.05, 0.1) is 5.56 Å². The number of hydrogen-bond acceptors (Lipinski definition) is 5. The molecule has 0 aliphatic rings. The molecule has 0 amide bonds. The lowest BCUT2D eigenvalue weighted by atomic mass is 9.92. The second-order valence-corrected chi connectivity index (χ2v) is 11.1. The number of carbonyl (C=O) groups is 3. The van der Waals surface area contributed by atoms with Crippen molar-refractivity contribution in [3.63, 3.8) is 0 Å². The van der Waals surface area contributed by atoms with Crippen LogP contribution in [0.15, 0.2) is 72.8 Å². The van der Waals surface area contributed by atoms with Crippen molar-refractivity contribution in [2.75, 3.05) is 0 Å². The number of esters is 1. The van der Waals surface area contributed by atoms with Crippen molar-refractivity contribution in [3.8, 4) is 22.3 Å². The third-order valence-corrected chi connectivity index (χ3v) is 7.55. The van der Waals surface area contributed by atoms with Crippen LogP contribution in [0.25, 0.3) is 22.3 Å². The molecule has 3 aromatic carbocycles. The van der Waals surface area contributed by atoms with E-state index >= 15 is 0 Å². The molecule has 3 aromatic rings. The molecule has 0 heterocycles. The molecule has 1 atom stereocenters. The second-order valence-electron chi connectivity index (χ2n) is 11.1. The van der Waals surface area contributed by atoms with Gasteiger partial charge in [0.15, 0.2) is 5.78 Å². The first-order valence-corrected chi connectivity index (χ1v) is 15.7. The van der Waals surface area contributed by atoms with Crippen molar-refractivity contribution in [2.45, 2.75) is 104 Å². The molecule has 0 radical (unpaired) electrons. The maximum Gasteiger partial charge on any atom is 0.516 e. The van der Waals surface area contributed by atoms with Gasteiger partial charge in [-0.2, -0.15) is 0 Å². The van der Waals surface area contributed by atoms with Gasteiger partial charge >= 0.3 is 12.1 Å². The number of carbonyl (C=O) groups excluding carboxylic acids is 3. The van der Waals surface area contributed by atoms with E-state index in [4.69, 9.17) is 9.47 Å². The van der Waals surface area contributed by atoms with E-state index < -0.39 is 12.1 Å². The molecule has 0 bridgehead atoms. The van der Waals surface area contributed by atoms with Gasteiger partial charge in [0.1, 0.15) is 6.10 Å². The predicted molar refractivity (Wildman–Crippen MR) is 170 cm³/mol. The Bertz CT molecular complexity index is 1260. The number of Topliss-reactive ketones (excluding diaryl/α,β-unsaturated/α-hetero) is 1. The van der Waals surface area contributed by atoms with Crippen LogP contribution in [0, 0.1) is 0 Å². The molecule has 0 saturated carbocycles. The van der Waals surface area contributed by atoms with Gasteiger partial charge in [0.2, 0.25) is 0 Å². The minimum atomic E-state index is -0.977. The minimum absolute atomic E-state index is 0.167. The standard InChI is InChI=1S/C37H46O5/c1-4-6-8-10-11-16-20-35(38)31-23-21-30(22-24-31)33-26-25-32(27-34(33)29-18-14-12-15-19-29)36(39)42-37(40)41-28(3)17-13-9-7-5-2/h12,14-15,18-19,21-28H,4-11,13,16-17,20H2,1-3H3. The van der Waals surface area contributed by atoms with Crippen LogP contribution in [0.2, 0.25) is 0 Å². The summed E-state index contributed by atoms with van der Waals surface area (Å²) in [6.07, 6.45) is 11.3. The largest absolute Gasteiger partial charge is 0.516 e. The summed E-state index contributed by atoms with van der Waals surface area (Å²) in [5, 5.41) is 0. The lowest BCUT2D eigenvalue weighted by molar-refractivity contribution is 0.0231. The van der Waals surface area contributed by atoms with Gasteiger partial charge in [-0.15, -0.1) is 0 Å². The number of hydrogen-bond donors (Lipinski definition) is 0. The zero-order chi connectivity index (χ0) is 30.2. The third kappa shape index (κ3) is 10.6. The van der Waals surface area contributed by atoms with Gasteiger partial charge in [-0.25, -0.2) is 9.59 Å². The molecule has 0 spiro atoms. The van der Waals surface area contributed by atoms with E-state index in [2.05, 4.69) is 13.8 Å². The fraction of sp³-hybridized carbons (Fsp3) is 0.432. The highest BCUT2D eigenvalue weighted by Crippen LogP contribution is 2.33. The number of benzene rings is 3. The van der Waals surface area contributed by atoms with Crippen LogP contribution < -0.4 is 0 Å². The molecule has 0 fully saturated rings. The van der Waals surface area contributed by atoms with Gasteiger partial charge in [-0.05, 0) is 60.6 Å². The zero-order valence-electron chi connectivity index (χ0n) is 25.5. The normalized spacial score (nSPS) is 11.6. The van der Waals surface area contributed by atoms with E-state index in [1.165, 1.54) is 25.7 Å². The smallest absolute Gasteiger partial charge is 0.431 e. The third-order valence-electron chi connectivity index (χ3n) is 7.55. The monoisotopic (exact) mass is 570 g/mol. The van der Waals surface area contributed by atoms with Gasteiger partial charge in [0.25, 0.3) is 0 Å². The summed E-state index contributed by atoms with van der Waals surface area (Å²) >= 11 is 0. The van der Waals surface area contributed by atoms with Crippen LogP contribution in [-0.2, 0) is 9.47 Å². The number of ether oxygens (including phenoxy) is 2. The first-order chi connectivity index (χ1) is 20.4. The molecule has 0 aliphatic heterocycles. The maximum atomic E-state index is 12.9. The molecule has 3 rings (SSSR count). The van der Waals surface area contributed by atoms with Crippen LogP contribution in [0.1, 0.15) is 119 Å². The molecule has 224 valence electrons. The Labute approximate surface area is 251 Å². The van der Waals surface area contributed by atoms with E-state index in [-0.39, 0.29) is 17.5 Å². The van der Waals surface area contributed by atoms with Crippen LogP contribution in [0.4, 0.5) is 4.79 Å². The molecule has 1 unspecified atom stereocenters. The lowest BCUT2D eigenvalue weighted by Gasteiger charge is -2.14. The Morgan fingerprint density at radius 3 is 1.93 bits per heavy atom. The van der Waals surface area contributed by atoms with Gasteiger partial charge in [-0.1, -0.05) is 126 Å². The Morgan fingerprint density at radius 2 is 1.24 bits per heavy atom. The number of ketones is 1. The van der Waals surface area contributed by atoms with Crippen molar-refractivity contribution >= 4 is 17.9 Å². The Kier molecular flexibility index (Phi) is 14.0. The average Bonchev–Trinajstić information content (AvgIpc) is 3.01. The first-order valence-electron chi connectivity index (χ1n) is 15.7. The average molecular weight is 571 g/mol. The van der Waals surface area contributed by atoms with E-state index in [9.17, 15) is 14.4 Å². The molecule has 0 N–H and O–H groups in total. The van der Waals surface area contributed by atoms with Crippen LogP contribution in [0.5, 0.6) is 0 Å². The van der Waals surface area contributed by atoms with Gasteiger partial charge in [-0.3, -0.25) is 4.79 Å². The maximum absolute atomic E-state index is 12.9. The quantitative estimate of drug-likeness (QED) is 0.0699. The minimum Gasteiger partial charge on any atom is -0.431 e. The van der Waals surface area contributed by atoms with Crippen LogP contribution in [0.3, 0.4) is 0 Å². The highest BCUT2D eigenvalue weighted by Gasteiger charge is 2.19. The van der Waals surface area contributed by atoms with Crippen molar-refractivity contribution in [1.82, 2.24) is 0 Å². The highest BCUT2D eigenvalue weighted by atomic mass is 16.7. The molecule has 0 aliphatic carbocycles. The van der Waals surface area contributed by atoms with Crippen molar-refractivity contribution in [1.29, 1.82) is 0 Å². The molecule has 0 saturated heterocycles. The van der Waals surface area contributed by atoms with E-state index in [1.807, 2.05) is 67.6 Å². The first kappa shape index (κ1) is 32.8. The fourth-order valence-electron chi connectivity index (χ4n) is 5.07. The Hall–Kier alpha value is -3.73. The topological polar surface area (TPSA) is 69.7 Å². The Balaban J connectivity index is 1.70. The SMILES string of the molecule is CCCCCCCCC(=O)c1ccc(-c2ccc(C(=O)OC(=O)OC(C)CCCCCC)cc2-c2ccccc2)cc1. The number of rotatable bonds is 17. The highest BCUT2D eigenvalue weighted by molar-refractivity contribution is 5.99. The summed E-state index contributed by atoms with van der Waals surface area (Å²) in [5.41, 5.74) is 4.57. The molecule has 5 nitrogen and oxygen atoms in total. The van der Waals surface area contributed by atoms with Crippen molar-refractivity contribution in [3.05, 3.63) is 83.9 Å². The summed E-state index contributed by atoms with van der Waals surface area (Å²) in [6.45, 7) is 6.16. The fourth-order valence-corrected chi connectivity index (χ4v) is 5.07. The number of unbranched alkanes of at least 4 members (excludes halogenated alkanes) is 8. The van der Waals surface area contributed by atoms with E-state index in [0.717, 1.165) is 67.2 Å². The van der Waals surface area contributed by atoms with Gasteiger partial charge < -0.3 is 9.47 Å². The van der Waals surface area contributed by atoms with Crippen LogP contribution >= 0.6 is 0 Å². The summed E-state index contributed by atoms with van der Waals surface area (Å²) in [4.78, 5) is 37.9. The van der Waals surface area contributed by atoms with Crippen molar-refractivity contribution in [2.24, 2.45) is 0 Å². The van der Waals surface area contributed by atoms with Crippen LogP contribution in [-0.4, -0.2) is 24.0 Å². The molecule has 5 heteroatoms. The summed E-state index contributed by atoms with van der Waals surface area (Å²) < 4.78 is 10.3. The summed E-state index contributed by atoms with van der Waals surface area (Å²) in [7, 11) is 0. The van der Waals surface area contributed by atoms with E-state index in [0.29, 0.717) is 12.0 Å². The molecule has 42 heavy (non-hydrogen) atoms. The zero-order valence-corrected chi connectivity index (χ0v) is 25.5. The molecular formula is C37H46O5. The predicted octanol–water partition coefficient (Wildman–Crippen LogP) is 10.6. The Morgan fingerprint density at radius 1 is 0.643 bits per heavy atom. The summed E-state index contributed by atoms with van der Waals surface area (Å²) in [6, 6.07) is 22.7. The van der Waals surface area contributed by atoms with Crippen molar-refractivity contribution < 1.29 is 23.9 Å².